The molecule has 0 aliphatic rings. The normalized spacial score (nSPS) is 15.8. The number of aliphatic carboxylic acids is 1. The van der Waals surface area contributed by atoms with Crippen LogP contribution in [0.4, 0.5) is 0 Å². The van der Waals surface area contributed by atoms with Gasteiger partial charge in [-0.2, -0.15) is 0 Å². The first-order valence-electron chi connectivity index (χ1n) is 5.65. The number of Topliss-reactive ketones (excluding diaryl/α,β-unsaturated/α-hetero) is 1. The largest absolute Gasteiger partial charge is 0.481 e. The SMILES string of the molecule is CC(C(=O)O)c1ccc(C(=O)[C@@H](N)[C@@H](C)O)cc1. The third kappa shape index (κ3) is 3.15. The van der Waals surface area contributed by atoms with Crippen molar-refractivity contribution in [3.8, 4) is 0 Å². The lowest BCUT2D eigenvalue weighted by molar-refractivity contribution is -0.138. The van der Waals surface area contributed by atoms with Crippen LogP contribution in [0.1, 0.15) is 35.7 Å². The van der Waals surface area contributed by atoms with E-state index in [9.17, 15) is 14.7 Å². The van der Waals surface area contributed by atoms with Gasteiger partial charge in [-0.25, -0.2) is 0 Å². The van der Waals surface area contributed by atoms with Gasteiger partial charge < -0.3 is 15.9 Å². The first-order valence-corrected chi connectivity index (χ1v) is 5.65. The predicted molar refractivity (Wildman–Crippen MR) is 66.5 cm³/mol. The fourth-order valence-electron chi connectivity index (χ4n) is 1.49. The summed E-state index contributed by atoms with van der Waals surface area (Å²) >= 11 is 0. The summed E-state index contributed by atoms with van der Waals surface area (Å²) < 4.78 is 0. The molecule has 0 saturated carbocycles. The van der Waals surface area contributed by atoms with E-state index in [2.05, 4.69) is 0 Å². The van der Waals surface area contributed by atoms with Crippen LogP contribution in [0, 0.1) is 0 Å². The third-order valence-electron chi connectivity index (χ3n) is 2.89. The maximum atomic E-state index is 11.8. The maximum Gasteiger partial charge on any atom is 0.310 e. The number of carbonyl (C=O) groups is 2. The van der Waals surface area contributed by atoms with Crippen LogP contribution < -0.4 is 5.73 Å². The van der Waals surface area contributed by atoms with E-state index in [1.165, 1.54) is 19.1 Å². The van der Waals surface area contributed by atoms with Gasteiger partial charge in [-0.05, 0) is 19.4 Å². The van der Waals surface area contributed by atoms with Gasteiger partial charge in [-0.3, -0.25) is 9.59 Å². The highest BCUT2D eigenvalue weighted by Crippen LogP contribution is 2.16. The van der Waals surface area contributed by atoms with Crippen molar-refractivity contribution in [1.29, 1.82) is 0 Å². The number of aliphatic hydroxyl groups excluding tert-OH is 1. The Bertz CT molecular complexity index is 439. The topological polar surface area (TPSA) is 101 Å². The van der Waals surface area contributed by atoms with Gasteiger partial charge in [-0.15, -0.1) is 0 Å². The number of benzene rings is 1. The molecule has 98 valence electrons. The molecule has 4 N–H and O–H groups in total. The van der Waals surface area contributed by atoms with E-state index < -0.39 is 24.0 Å². The number of aliphatic hydroxyl groups is 1. The quantitative estimate of drug-likeness (QED) is 0.671. The van der Waals surface area contributed by atoms with Gasteiger partial charge in [-0.1, -0.05) is 24.3 Å². The summed E-state index contributed by atoms with van der Waals surface area (Å²) in [7, 11) is 0. The van der Waals surface area contributed by atoms with Crippen LogP contribution in [0.5, 0.6) is 0 Å². The fraction of sp³-hybridized carbons (Fsp3) is 0.385. The smallest absolute Gasteiger partial charge is 0.310 e. The summed E-state index contributed by atoms with van der Waals surface area (Å²) in [5.74, 6) is -1.91. The van der Waals surface area contributed by atoms with E-state index in [-0.39, 0.29) is 5.78 Å². The van der Waals surface area contributed by atoms with Crippen molar-refractivity contribution in [1.82, 2.24) is 0 Å². The van der Waals surface area contributed by atoms with Crippen molar-refractivity contribution in [2.45, 2.75) is 31.9 Å². The summed E-state index contributed by atoms with van der Waals surface area (Å²) in [4.78, 5) is 22.6. The van der Waals surface area contributed by atoms with Crippen LogP contribution in [0.2, 0.25) is 0 Å². The van der Waals surface area contributed by atoms with Crippen LogP contribution >= 0.6 is 0 Å². The zero-order valence-corrected chi connectivity index (χ0v) is 10.3. The molecule has 0 bridgehead atoms. The Hall–Kier alpha value is -1.72. The zero-order chi connectivity index (χ0) is 13.9. The van der Waals surface area contributed by atoms with E-state index in [0.29, 0.717) is 11.1 Å². The van der Waals surface area contributed by atoms with Crippen molar-refractivity contribution in [2.24, 2.45) is 5.73 Å². The molecule has 0 aromatic heterocycles. The molecule has 1 aromatic carbocycles. The van der Waals surface area contributed by atoms with E-state index >= 15 is 0 Å². The molecule has 0 aliphatic heterocycles. The molecule has 3 atom stereocenters. The van der Waals surface area contributed by atoms with Crippen LogP contribution in [-0.2, 0) is 4.79 Å². The van der Waals surface area contributed by atoms with Gasteiger partial charge in [0.05, 0.1) is 18.1 Å². The Morgan fingerprint density at radius 2 is 1.67 bits per heavy atom. The number of carboxylic acids is 1. The van der Waals surface area contributed by atoms with Gasteiger partial charge in [0.1, 0.15) is 0 Å². The molecule has 0 radical (unpaired) electrons. The molecule has 1 aromatic rings. The molecule has 0 saturated heterocycles. The molecule has 1 rings (SSSR count). The highest BCUT2D eigenvalue weighted by molar-refractivity contribution is 6.00. The zero-order valence-electron chi connectivity index (χ0n) is 10.3. The summed E-state index contributed by atoms with van der Waals surface area (Å²) in [5.41, 5.74) is 6.53. The number of nitrogens with two attached hydrogens (primary N) is 1. The van der Waals surface area contributed by atoms with Crippen molar-refractivity contribution in [3.63, 3.8) is 0 Å². The van der Waals surface area contributed by atoms with Crippen molar-refractivity contribution < 1.29 is 19.8 Å². The predicted octanol–water partition coefficient (Wildman–Crippen LogP) is 0.766. The number of carbonyl (C=O) groups excluding carboxylic acids is 1. The molecule has 0 spiro atoms. The van der Waals surface area contributed by atoms with E-state index in [1.807, 2.05) is 0 Å². The Morgan fingerprint density at radius 1 is 1.17 bits per heavy atom. The van der Waals surface area contributed by atoms with Crippen LogP contribution in [-0.4, -0.2) is 34.1 Å². The highest BCUT2D eigenvalue weighted by atomic mass is 16.4. The Balaban J connectivity index is 2.89. The van der Waals surface area contributed by atoms with Crippen molar-refractivity contribution >= 4 is 11.8 Å². The number of carboxylic acid groups (broad SMARTS) is 1. The molecule has 5 heteroatoms. The van der Waals surface area contributed by atoms with Gasteiger partial charge in [0, 0.05) is 5.56 Å². The summed E-state index contributed by atoms with van der Waals surface area (Å²) in [6, 6.07) is 5.26. The third-order valence-corrected chi connectivity index (χ3v) is 2.89. The molecule has 18 heavy (non-hydrogen) atoms. The maximum absolute atomic E-state index is 11.8. The van der Waals surface area contributed by atoms with Gasteiger partial charge in [0.25, 0.3) is 0 Å². The molecular weight excluding hydrogens is 234 g/mol. The second-order valence-corrected chi connectivity index (χ2v) is 4.31. The molecule has 5 nitrogen and oxygen atoms in total. The standard InChI is InChI=1S/C13H17NO4/c1-7(13(17)18)9-3-5-10(6-4-9)12(16)11(14)8(2)15/h3-8,11,15H,14H2,1-2H3,(H,17,18)/t7?,8-,11+/m1/s1. The van der Waals surface area contributed by atoms with E-state index in [4.69, 9.17) is 10.8 Å². The molecule has 0 aliphatic carbocycles. The lowest BCUT2D eigenvalue weighted by Gasteiger charge is -2.14. The minimum absolute atomic E-state index is 0.362. The van der Waals surface area contributed by atoms with Crippen molar-refractivity contribution in [2.75, 3.05) is 0 Å². The number of hydrogen-bond acceptors (Lipinski definition) is 4. The summed E-state index contributed by atoms with van der Waals surface area (Å²) in [6.07, 6.45) is -0.921. The molecule has 0 heterocycles. The Morgan fingerprint density at radius 3 is 2.06 bits per heavy atom. The van der Waals surface area contributed by atoms with Gasteiger partial charge in [0.15, 0.2) is 5.78 Å². The minimum Gasteiger partial charge on any atom is -0.481 e. The first-order chi connectivity index (χ1) is 8.34. The van der Waals surface area contributed by atoms with Gasteiger partial charge in [0.2, 0.25) is 0 Å². The monoisotopic (exact) mass is 251 g/mol. The fourth-order valence-corrected chi connectivity index (χ4v) is 1.49. The van der Waals surface area contributed by atoms with E-state index in [1.54, 1.807) is 19.1 Å². The molecule has 0 fully saturated rings. The Kier molecular flexibility index (Phi) is 4.58. The lowest BCUT2D eigenvalue weighted by Crippen LogP contribution is -2.40. The average molecular weight is 251 g/mol. The van der Waals surface area contributed by atoms with Gasteiger partial charge >= 0.3 is 5.97 Å². The molecular formula is C13H17NO4. The second kappa shape index (κ2) is 5.75. The van der Waals surface area contributed by atoms with E-state index in [0.717, 1.165) is 0 Å². The highest BCUT2D eigenvalue weighted by Gasteiger charge is 2.21. The van der Waals surface area contributed by atoms with Crippen LogP contribution in [0.3, 0.4) is 0 Å². The minimum atomic E-state index is -0.965. The average Bonchev–Trinajstić information content (AvgIpc) is 2.36. The van der Waals surface area contributed by atoms with Crippen LogP contribution in [0.25, 0.3) is 0 Å². The number of hydrogen-bond donors (Lipinski definition) is 3. The van der Waals surface area contributed by atoms with Crippen molar-refractivity contribution in [3.05, 3.63) is 35.4 Å². The Labute approximate surface area is 105 Å². The lowest BCUT2D eigenvalue weighted by atomic mass is 9.96. The molecule has 0 amide bonds. The molecule has 1 unspecified atom stereocenters. The number of rotatable bonds is 5. The second-order valence-electron chi connectivity index (χ2n) is 4.31. The summed E-state index contributed by atoms with van der Waals surface area (Å²) in [6.45, 7) is 3.02. The van der Waals surface area contributed by atoms with Crippen LogP contribution in [0.15, 0.2) is 24.3 Å². The summed E-state index contributed by atoms with van der Waals surface area (Å²) in [5, 5.41) is 18.1. The number of ketones is 1. The first kappa shape index (κ1) is 14.3.